The Hall–Kier alpha value is -0.130. The number of hydrogen-bond donors (Lipinski definition) is 1. The average Bonchev–Trinajstić information content (AvgIpc) is 2.57. The highest BCUT2D eigenvalue weighted by Crippen LogP contribution is 2.26. The molecule has 4 nitrogen and oxygen atoms in total. The Morgan fingerprint density at radius 2 is 2.06 bits per heavy atom. The SMILES string of the molecule is CCOCC(CNC(C)(C)C)C1CCS(=O)(=O)C1. The van der Waals surface area contributed by atoms with E-state index in [4.69, 9.17) is 4.74 Å². The van der Waals surface area contributed by atoms with Crippen molar-refractivity contribution < 1.29 is 13.2 Å². The lowest BCUT2D eigenvalue weighted by atomic mass is 9.91. The molecule has 1 fully saturated rings. The van der Waals surface area contributed by atoms with Crippen LogP contribution >= 0.6 is 0 Å². The molecule has 1 aliphatic rings. The Bertz CT molecular complexity index is 346. The normalized spacial score (nSPS) is 25.2. The molecule has 0 saturated carbocycles. The van der Waals surface area contributed by atoms with Crippen LogP contribution in [-0.4, -0.2) is 45.2 Å². The van der Waals surface area contributed by atoms with Crippen LogP contribution in [0.2, 0.25) is 0 Å². The van der Waals surface area contributed by atoms with Crippen molar-refractivity contribution in [1.29, 1.82) is 0 Å². The molecular formula is C13H27NO3S. The quantitative estimate of drug-likeness (QED) is 0.798. The lowest BCUT2D eigenvalue weighted by Crippen LogP contribution is -2.42. The molecule has 1 rings (SSSR count). The van der Waals surface area contributed by atoms with E-state index in [0.717, 1.165) is 13.0 Å². The van der Waals surface area contributed by atoms with E-state index in [-0.39, 0.29) is 11.5 Å². The van der Waals surface area contributed by atoms with Crippen molar-refractivity contribution in [2.45, 2.75) is 39.7 Å². The van der Waals surface area contributed by atoms with Crippen molar-refractivity contribution in [3.8, 4) is 0 Å². The van der Waals surface area contributed by atoms with Crippen molar-refractivity contribution in [2.75, 3.05) is 31.3 Å². The summed E-state index contributed by atoms with van der Waals surface area (Å²) in [5.41, 5.74) is 0.0575. The standard InChI is InChI=1S/C13H27NO3S/c1-5-17-9-12(8-14-13(2,3)4)11-6-7-18(15,16)10-11/h11-12,14H,5-10H2,1-4H3. The number of rotatable bonds is 6. The summed E-state index contributed by atoms with van der Waals surface area (Å²) in [7, 11) is -2.80. The lowest BCUT2D eigenvalue weighted by Gasteiger charge is -2.28. The van der Waals surface area contributed by atoms with E-state index < -0.39 is 9.84 Å². The molecule has 2 atom stereocenters. The van der Waals surface area contributed by atoms with Crippen LogP contribution in [0, 0.1) is 11.8 Å². The van der Waals surface area contributed by atoms with E-state index in [1.54, 1.807) is 0 Å². The second kappa shape index (κ2) is 6.35. The molecule has 0 aromatic rings. The molecule has 1 heterocycles. The van der Waals surface area contributed by atoms with Gasteiger partial charge in [-0.2, -0.15) is 0 Å². The Morgan fingerprint density at radius 3 is 2.50 bits per heavy atom. The lowest BCUT2D eigenvalue weighted by molar-refractivity contribution is 0.0868. The first-order chi connectivity index (χ1) is 8.23. The summed E-state index contributed by atoms with van der Waals surface area (Å²) >= 11 is 0. The molecule has 0 amide bonds. The molecule has 1 saturated heterocycles. The predicted molar refractivity (Wildman–Crippen MR) is 74.5 cm³/mol. The van der Waals surface area contributed by atoms with Gasteiger partial charge in [0.1, 0.15) is 0 Å². The van der Waals surface area contributed by atoms with E-state index in [1.165, 1.54) is 0 Å². The van der Waals surface area contributed by atoms with Crippen LogP contribution in [0.4, 0.5) is 0 Å². The predicted octanol–water partition coefficient (Wildman–Crippen LogP) is 1.46. The summed E-state index contributed by atoms with van der Waals surface area (Å²) in [4.78, 5) is 0. The van der Waals surface area contributed by atoms with Crippen molar-refractivity contribution in [3.63, 3.8) is 0 Å². The molecule has 18 heavy (non-hydrogen) atoms. The fourth-order valence-corrected chi connectivity index (χ4v) is 4.18. The minimum atomic E-state index is -2.80. The van der Waals surface area contributed by atoms with E-state index in [0.29, 0.717) is 30.6 Å². The van der Waals surface area contributed by atoms with Gasteiger partial charge >= 0.3 is 0 Å². The Morgan fingerprint density at radius 1 is 1.39 bits per heavy atom. The molecule has 0 spiro atoms. The molecule has 2 unspecified atom stereocenters. The van der Waals surface area contributed by atoms with Crippen molar-refractivity contribution in [2.24, 2.45) is 11.8 Å². The summed E-state index contributed by atoms with van der Waals surface area (Å²) < 4.78 is 28.6. The molecule has 5 heteroatoms. The highest BCUT2D eigenvalue weighted by molar-refractivity contribution is 7.91. The van der Waals surface area contributed by atoms with E-state index in [1.807, 2.05) is 6.92 Å². The van der Waals surface area contributed by atoms with Crippen LogP contribution in [-0.2, 0) is 14.6 Å². The Balaban J connectivity index is 2.55. The molecule has 1 aliphatic heterocycles. The van der Waals surface area contributed by atoms with Crippen molar-refractivity contribution in [3.05, 3.63) is 0 Å². The number of ether oxygens (including phenoxy) is 1. The van der Waals surface area contributed by atoms with Gasteiger partial charge in [0.15, 0.2) is 9.84 Å². The molecule has 0 aromatic heterocycles. The van der Waals surface area contributed by atoms with Crippen LogP contribution in [0.25, 0.3) is 0 Å². The summed E-state index contributed by atoms with van der Waals surface area (Å²) in [5, 5.41) is 3.46. The maximum absolute atomic E-state index is 11.6. The summed E-state index contributed by atoms with van der Waals surface area (Å²) in [6.07, 6.45) is 0.784. The Kier molecular flexibility index (Phi) is 5.62. The van der Waals surface area contributed by atoms with Gasteiger partial charge in [-0.3, -0.25) is 0 Å². The van der Waals surface area contributed by atoms with Crippen molar-refractivity contribution in [1.82, 2.24) is 5.32 Å². The molecule has 1 N–H and O–H groups in total. The summed E-state index contributed by atoms with van der Waals surface area (Å²) in [6, 6.07) is 0. The van der Waals surface area contributed by atoms with Gasteiger partial charge < -0.3 is 10.1 Å². The fourth-order valence-electron chi connectivity index (χ4n) is 2.26. The van der Waals surface area contributed by atoms with Gasteiger partial charge in [-0.05, 0) is 46.0 Å². The molecule has 0 radical (unpaired) electrons. The maximum Gasteiger partial charge on any atom is 0.150 e. The van der Waals surface area contributed by atoms with Gasteiger partial charge in [0.2, 0.25) is 0 Å². The molecular weight excluding hydrogens is 250 g/mol. The molecule has 0 bridgehead atoms. The van der Waals surface area contributed by atoms with Gasteiger partial charge in [0.05, 0.1) is 18.1 Å². The van der Waals surface area contributed by atoms with Crippen LogP contribution in [0.3, 0.4) is 0 Å². The summed E-state index contributed by atoms with van der Waals surface area (Å²) in [5.74, 6) is 1.21. The topological polar surface area (TPSA) is 55.4 Å². The highest BCUT2D eigenvalue weighted by atomic mass is 32.2. The van der Waals surface area contributed by atoms with Crippen LogP contribution in [0.5, 0.6) is 0 Å². The third-order valence-corrected chi connectivity index (χ3v) is 5.16. The molecule has 0 aliphatic carbocycles. The van der Waals surface area contributed by atoms with Gasteiger partial charge in [-0.1, -0.05) is 0 Å². The van der Waals surface area contributed by atoms with E-state index >= 15 is 0 Å². The number of sulfone groups is 1. The van der Waals surface area contributed by atoms with Crippen LogP contribution in [0.15, 0.2) is 0 Å². The monoisotopic (exact) mass is 277 g/mol. The molecule has 108 valence electrons. The minimum absolute atomic E-state index is 0.0575. The first-order valence-electron chi connectivity index (χ1n) is 6.77. The van der Waals surface area contributed by atoms with Gasteiger partial charge in [-0.15, -0.1) is 0 Å². The maximum atomic E-state index is 11.6. The zero-order valence-corrected chi connectivity index (χ0v) is 12.8. The smallest absolute Gasteiger partial charge is 0.150 e. The largest absolute Gasteiger partial charge is 0.381 e. The highest BCUT2D eigenvalue weighted by Gasteiger charge is 2.34. The average molecular weight is 277 g/mol. The second-order valence-corrected chi connectivity index (χ2v) is 8.44. The van der Waals surface area contributed by atoms with E-state index in [2.05, 4.69) is 26.1 Å². The minimum Gasteiger partial charge on any atom is -0.381 e. The fraction of sp³-hybridized carbons (Fsp3) is 1.00. The number of hydrogen-bond acceptors (Lipinski definition) is 4. The molecule has 0 aromatic carbocycles. The van der Waals surface area contributed by atoms with Gasteiger partial charge in [0.25, 0.3) is 0 Å². The second-order valence-electron chi connectivity index (χ2n) is 6.21. The first kappa shape index (κ1) is 15.9. The van der Waals surface area contributed by atoms with Crippen LogP contribution < -0.4 is 5.32 Å². The van der Waals surface area contributed by atoms with Crippen molar-refractivity contribution >= 4 is 9.84 Å². The zero-order chi connectivity index (χ0) is 13.8. The number of nitrogens with one attached hydrogen (secondary N) is 1. The third-order valence-electron chi connectivity index (χ3n) is 3.36. The van der Waals surface area contributed by atoms with Gasteiger partial charge in [0, 0.05) is 18.7 Å². The van der Waals surface area contributed by atoms with Crippen LogP contribution in [0.1, 0.15) is 34.1 Å². The van der Waals surface area contributed by atoms with Gasteiger partial charge in [-0.25, -0.2) is 8.42 Å². The Labute approximate surface area is 111 Å². The van der Waals surface area contributed by atoms with E-state index in [9.17, 15) is 8.42 Å². The third kappa shape index (κ3) is 5.67. The summed E-state index contributed by atoms with van der Waals surface area (Å²) in [6.45, 7) is 10.5. The zero-order valence-electron chi connectivity index (χ0n) is 12.0. The first-order valence-corrected chi connectivity index (χ1v) is 8.59.